The molecule has 4 rings (SSSR count). The van der Waals surface area contributed by atoms with E-state index in [4.69, 9.17) is 10.5 Å². The minimum atomic E-state index is -2.57. The Morgan fingerprint density at radius 3 is 2.53 bits per heavy atom. The molecule has 1 amide bonds. The number of likely N-dealkylation sites (N-methyl/N-ethyl adjacent to an activating group) is 1. The first-order valence-electron chi connectivity index (χ1n) is 10.9. The molecule has 184 valence electrons. The van der Waals surface area contributed by atoms with Crippen molar-refractivity contribution in [2.45, 2.75) is 45.3 Å². The van der Waals surface area contributed by atoms with Crippen LogP contribution in [0.5, 0.6) is 5.75 Å². The number of hydrogen-bond donors (Lipinski definition) is 4. The quantitative estimate of drug-likeness (QED) is 0.473. The second-order valence-electron chi connectivity index (χ2n) is 9.10. The zero-order valence-corrected chi connectivity index (χ0v) is 18.8. The van der Waals surface area contributed by atoms with Crippen LogP contribution in [0.2, 0.25) is 0 Å². The van der Waals surface area contributed by atoms with Gasteiger partial charge in [-0.05, 0) is 50.9 Å². The average molecular weight is 473 g/mol. The second-order valence-corrected chi connectivity index (χ2v) is 9.10. The Morgan fingerprint density at radius 2 is 1.94 bits per heavy atom. The normalized spacial score (nSPS) is 28.2. The van der Waals surface area contributed by atoms with Gasteiger partial charge in [0, 0.05) is 11.5 Å². The first kappa shape index (κ1) is 25.5. The van der Waals surface area contributed by atoms with Crippen molar-refractivity contribution in [2.24, 2.45) is 17.6 Å². The van der Waals surface area contributed by atoms with Gasteiger partial charge in [-0.3, -0.25) is 19.3 Å². The molecule has 9 nitrogen and oxygen atoms in total. The number of carbonyl (C=O) groups is 3. The van der Waals surface area contributed by atoms with E-state index in [2.05, 4.69) is 0 Å². The Hall–Kier alpha value is -3.17. The van der Waals surface area contributed by atoms with Crippen LogP contribution in [0.15, 0.2) is 35.1 Å². The van der Waals surface area contributed by atoms with Crippen molar-refractivity contribution in [3.05, 3.63) is 46.2 Å². The average Bonchev–Trinajstić information content (AvgIpc) is 2.74. The SMILES string of the molecule is C.CCCOc1cccc2c1C(O)=C1C(=O)[C@]3(O)C(O)=C(C(N)=O)C(=O)[C@@H](N(C)C)[C@@H]3C[C@@H]1C2. The van der Waals surface area contributed by atoms with Crippen LogP contribution in [0.3, 0.4) is 0 Å². The van der Waals surface area contributed by atoms with Gasteiger partial charge in [0.2, 0.25) is 5.78 Å². The molecule has 0 heterocycles. The predicted octanol–water partition coefficient (Wildman–Crippen LogP) is 1.68. The fourth-order valence-electron chi connectivity index (χ4n) is 5.50. The lowest BCUT2D eigenvalue weighted by molar-refractivity contribution is -0.153. The van der Waals surface area contributed by atoms with Gasteiger partial charge in [0.15, 0.2) is 11.4 Å². The van der Waals surface area contributed by atoms with E-state index in [0.717, 1.165) is 12.0 Å². The van der Waals surface area contributed by atoms with Gasteiger partial charge in [-0.1, -0.05) is 26.5 Å². The molecule has 0 radical (unpaired) electrons. The summed E-state index contributed by atoms with van der Waals surface area (Å²) in [6.45, 7) is 2.36. The van der Waals surface area contributed by atoms with Gasteiger partial charge in [-0.2, -0.15) is 0 Å². The van der Waals surface area contributed by atoms with Crippen LogP contribution in [0.1, 0.15) is 38.3 Å². The number of nitrogens with two attached hydrogens (primary N) is 1. The van der Waals surface area contributed by atoms with E-state index in [1.807, 2.05) is 19.1 Å². The number of nitrogens with zero attached hydrogens (tertiary/aromatic N) is 1. The van der Waals surface area contributed by atoms with Crippen LogP contribution in [0.4, 0.5) is 0 Å². The highest BCUT2D eigenvalue weighted by atomic mass is 16.5. The maximum absolute atomic E-state index is 13.7. The summed E-state index contributed by atoms with van der Waals surface area (Å²) in [5.74, 6) is -5.38. The highest BCUT2D eigenvalue weighted by Crippen LogP contribution is 2.52. The second kappa shape index (κ2) is 8.88. The predicted molar refractivity (Wildman–Crippen MR) is 125 cm³/mol. The Kier molecular flexibility index (Phi) is 6.65. The number of benzene rings is 1. The topological polar surface area (TPSA) is 150 Å². The third-order valence-corrected chi connectivity index (χ3v) is 6.90. The van der Waals surface area contributed by atoms with E-state index >= 15 is 0 Å². The standard InChI is InChI=1S/C24H28N2O7.CH4/c1-4-8-33-14-7-5-6-11-9-12-10-13-18(26(2)3)20(28)17(23(25)31)22(30)24(13,32)21(29)16(12)19(27)15(11)14;/h5-7,12-13,18,27,30,32H,4,8-10H2,1-3H3,(H2,25,31);1H4/t12-,13-,18-,24-;/m0./s1. The number of ketones is 2. The Labute approximate surface area is 198 Å². The Balaban J connectivity index is 0.00000324. The number of hydrogen-bond acceptors (Lipinski definition) is 8. The summed E-state index contributed by atoms with van der Waals surface area (Å²) in [5, 5.41) is 33.6. The summed E-state index contributed by atoms with van der Waals surface area (Å²) in [6.07, 6.45) is 1.27. The van der Waals surface area contributed by atoms with Crippen molar-refractivity contribution in [3.8, 4) is 5.75 Å². The van der Waals surface area contributed by atoms with Gasteiger partial charge >= 0.3 is 0 Å². The van der Waals surface area contributed by atoms with E-state index in [-0.39, 0.29) is 25.2 Å². The number of carbonyl (C=O) groups excluding carboxylic acids is 3. The summed E-state index contributed by atoms with van der Waals surface area (Å²) in [4.78, 5) is 40.2. The lowest BCUT2D eigenvalue weighted by Crippen LogP contribution is -2.65. The van der Waals surface area contributed by atoms with Crippen LogP contribution < -0.4 is 10.5 Å². The molecule has 0 aromatic heterocycles. The molecule has 4 atom stereocenters. The maximum Gasteiger partial charge on any atom is 0.255 e. The van der Waals surface area contributed by atoms with Gasteiger partial charge in [-0.25, -0.2) is 0 Å². The number of amides is 1. The van der Waals surface area contributed by atoms with Crippen LogP contribution in [0, 0.1) is 11.8 Å². The molecule has 0 aliphatic heterocycles. The molecule has 5 N–H and O–H groups in total. The van der Waals surface area contributed by atoms with Crippen molar-refractivity contribution < 1.29 is 34.4 Å². The van der Waals surface area contributed by atoms with E-state index < -0.39 is 52.3 Å². The van der Waals surface area contributed by atoms with Gasteiger partial charge in [-0.15, -0.1) is 0 Å². The van der Waals surface area contributed by atoms with Crippen LogP contribution >= 0.6 is 0 Å². The number of rotatable bonds is 5. The molecule has 9 heteroatoms. The summed E-state index contributed by atoms with van der Waals surface area (Å²) < 4.78 is 5.76. The molecule has 1 fully saturated rings. The number of aliphatic hydroxyl groups excluding tert-OH is 2. The summed E-state index contributed by atoms with van der Waals surface area (Å²) in [5.41, 5.74) is 3.09. The third kappa shape index (κ3) is 3.42. The van der Waals surface area contributed by atoms with Crippen LogP contribution in [0.25, 0.3) is 5.76 Å². The first-order valence-corrected chi connectivity index (χ1v) is 10.9. The number of primary amides is 1. The molecule has 0 bridgehead atoms. The molecule has 1 aromatic rings. The van der Waals surface area contributed by atoms with Crippen molar-refractivity contribution in [1.29, 1.82) is 0 Å². The van der Waals surface area contributed by atoms with E-state index in [9.17, 15) is 29.7 Å². The van der Waals surface area contributed by atoms with E-state index in [0.29, 0.717) is 24.3 Å². The van der Waals surface area contributed by atoms with E-state index in [1.54, 1.807) is 20.2 Å². The van der Waals surface area contributed by atoms with Gasteiger partial charge in [0.1, 0.15) is 22.8 Å². The van der Waals surface area contributed by atoms with Crippen molar-refractivity contribution >= 4 is 23.2 Å². The number of fused-ring (bicyclic) bond motifs is 3. The zero-order chi connectivity index (χ0) is 24.2. The highest BCUT2D eigenvalue weighted by molar-refractivity contribution is 6.24. The van der Waals surface area contributed by atoms with Crippen molar-refractivity contribution in [1.82, 2.24) is 4.90 Å². The third-order valence-electron chi connectivity index (χ3n) is 6.90. The highest BCUT2D eigenvalue weighted by Gasteiger charge is 2.64. The molecule has 3 aliphatic rings. The molecule has 0 spiro atoms. The summed E-state index contributed by atoms with van der Waals surface area (Å²) >= 11 is 0. The molecular weight excluding hydrogens is 440 g/mol. The molecular formula is C25H32N2O7. The molecule has 1 aromatic carbocycles. The first-order chi connectivity index (χ1) is 15.5. The largest absolute Gasteiger partial charge is 0.508 e. The minimum absolute atomic E-state index is 0. The molecule has 34 heavy (non-hydrogen) atoms. The zero-order valence-electron chi connectivity index (χ0n) is 18.8. The molecule has 3 aliphatic carbocycles. The van der Waals surface area contributed by atoms with Crippen LogP contribution in [-0.2, 0) is 20.8 Å². The van der Waals surface area contributed by atoms with Crippen LogP contribution in [-0.4, -0.2) is 70.0 Å². The van der Waals surface area contributed by atoms with Gasteiger partial charge < -0.3 is 25.8 Å². The molecule has 0 unspecified atom stereocenters. The minimum Gasteiger partial charge on any atom is -0.508 e. The molecule has 0 saturated heterocycles. The lowest BCUT2D eigenvalue weighted by atomic mass is 9.57. The maximum atomic E-state index is 13.7. The lowest BCUT2D eigenvalue weighted by Gasteiger charge is -2.50. The number of Topliss-reactive ketones (excluding diaryl/α,β-unsaturated/α-hetero) is 2. The molecule has 1 saturated carbocycles. The number of aliphatic hydroxyl groups is 3. The Bertz CT molecular complexity index is 1120. The fourth-order valence-corrected chi connectivity index (χ4v) is 5.50. The van der Waals surface area contributed by atoms with Crippen molar-refractivity contribution in [3.63, 3.8) is 0 Å². The van der Waals surface area contributed by atoms with Gasteiger partial charge in [0.05, 0.1) is 18.2 Å². The van der Waals surface area contributed by atoms with E-state index in [1.165, 1.54) is 4.90 Å². The monoisotopic (exact) mass is 472 g/mol. The van der Waals surface area contributed by atoms with Gasteiger partial charge in [0.25, 0.3) is 5.91 Å². The fraction of sp³-hybridized carbons (Fsp3) is 0.480. The van der Waals surface area contributed by atoms with Crippen molar-refractivity contribution in [2.75, 3.05) is 20.7 Å². The summed E-state index contributed by atoms with van der Waals surface area (Å²) in [7, 11) is 3.18. The Morgan fingerprint density at radius 1 is 1.26 bits per heavy atom. The summed E-state index contributed by atoms with van der Waals surface area (Å²) in [6, 6.07) is 4.29. The number of ether oxygens (including phenoxy) is 1. The smallest absolute Gasteiger partial charge is 0.255 e.